The molecule has 5 unspecified atom stereocenters. The number of rotatable bonds is 6. The van der Waals surface area contributed by atoms with Gasteiger partial charge in [0, 0.05) is 24.4 Å². The maximum Gasteiger partial charge on any atom is 0.0155 e. The Kier molecular flexibility index (Phi) is 7.04. The highest BCUT2D eigenvalue weighted by molar-refractivity contribution is 7.98. The fourth-order valence-electron chi connectivity index (χ4n) is 3.43. The Hall–Kier alpha value is 0.270. The van der Waals surface area contributed by atoms with E-state index in [1.54, 1.807) is 0 Å². The lowest BCUT2D eigenvalue weighted by Gasteiger charge is -2.42. The van der Waals surface area contributed by atoms with Crippen LogP contribution in [0.1, 0.15) is 33.6 Å². The highest BCUT2D eigenvalue weighted by atomic mass is 32.2. The topological polar surface area (TPSA) is 15.3 Å². The molecule has 18 heavy (non-hydrogen) atoms. The van der Waals surface area contributed by atoms with Crippen molar-refractivity contribution in [3.05, 3.63) is 0 Å². The van der Waals surface area contributed by atoms with Crippen LogP contribution in [0.2, 0.25) is 0 Å². The minimum Gasteiger partial charge on any atom is -0.317 e. The molecule has 1 rings (SSSR count). The Balaban J connectivity index is 2.56. The van der Waals surface area contributed by atoms with Crippen LogP contribution in [-0.4, -0.2) is 49.6 Å². The molecule has 0 aliphatic heterocycles. The number of nitrogens with zero attached hydrogens (tertiary/aromatic N) is 1. The molecule has 1 aliphatic carbocycles. The van der Waals surface area contributed by atoms with Crippen LogP contribution in [0.3, 0.4) is 0 Å². The van der Waals surface area contributed by atoms with E-state index in [-0.39, 0.29) is 0 Å². The van der Waals surface area contributed by atoms with Crippen molar-refractivity contribution < 1.29 is 0 Å². The molecule has 5 atom stereocenters. The molecule has 1 saturated carbocycles. The van der Waals surface area contributed by atoms with Crippen molar-refractivity contribution in [2.45, 2.75) is 45.7 Å². The Bertz CT molecular complexity index is 235. The maximum absolute atomic E-state index is 3.56. The number of hydrogen-bond donors (Lipinski definition) is 1. The summed E-state index contributed by atoms with van der Waals surface area (Å²) in [7, 11) is 4.42. The fraction of sp³-hybridized carbons (Fsp3) is 1.00. The van der Waals surface area contributed by atoms with Crippen LogP contribution in [0.15, 0.2) is 0 Å². The number of thioether (sulfide) groups is 1. The molecule has 0 amide bonds. The summed E-state index contributed by atoms with van der Waals surface area (Å²) in [6.07, 6.45) is 4.94. The standard InChI is InChI=1S/C15H32N2S/c1-11-7-12(2)14(15(8-11)16-4)9-17(5)13(3)10-18-6/h11-16H,7-10H2,1-6H3. The molecular formula is C15H32N2S. The lowest BCUT2D eigenvalue weighted by molar-refractivity contribution is 0.105. The van der Waals surface area contributed by atoms with Crippen molar-refractivity contribution in [1.29, 1.82) is 0 Å². The van der Waals surface area contributed by atoms with Gasteiger partial charge < -0.3 is 10.2 Å². The van der Waals surface area contributed by atoms with E-state index in [9.17, 15) is 0 Å². The third-order valence-corrected chi connectivity index (χ3v) is 5.52. The molecule has 3 heteroatoms. The minimum absolute atomic E-state index is 0.684. The summed E-state index contributed by atoms with van der Waals surface area (Å²) in [4.78, 5) is 2.55. The molecule has 0 saturated heterocycles. The van der Waals surface area contributed by atoms with E-state index in [1.165, 1.54) is 25.1 Å². The zero-order valence-corrected chi connectivity index (χ0v) is 13.9. The third-order valence-electron chi connectivity index (χ3n) is 4.71. The van der Waals surface area contributed by atoms with Gasteiger partial charge in [0.15, 0.2) is 0 Å². The van der Waals surface area contributed by atoms with Crippen LogP contribution in [0, 0.1) is 17.8 Å². The summed E-state index contributed by atoms with van der Waals surface area (Å²) in [5.74, 6) is 3.76. The number of hydrogen-bond acceptors (Lipinski definition) is 3. The van der Waals surface area contributed by atoms with Crippen molar-refractivity contribution in [3.8, 4) is 0 Å². The van der Waals surface area contributed by atoms with Crippen LogP contribution in [0.4, 0.5) is 0 Å². The van der Waals surface area contributed by atoms with E-state index in [4.69, 9.17) is 0 Å². The van der Waals surface area contributed by atoms with Crippen molar-refractivity contribution in [2.75, 3.05) is 32.6 Å². The average molecular weight is 273 g/mol. The first-order valence-corrected chi connectivity index (χ1v) is 8.75. The fourth-order valence-corrected chi connectivity index (χ4v) is 4.17. The van der Waals surface area contributed by atoms with Gasteiger partial charge in [-0.25, -0.2) is 0 Å². The first-order valence-electron chi connectivity index (χ1n) is 7.36. The summed E-state index contributed by atoms with van der Waals surface area (Å²) in [6, 6.07) is 1.39. The van der Waals surface area contributed by atoms with E-state index < -0.39 is 0 Å². The molecule has 1 aliphatic rings. The Labute approximate surface area is 118 Å². The van der Waals surface area contributed by atoms with Crippen molar-refractivity contribution in [1.82, 2.24) is 10.2 Å². The van der Waals surface area contributed by atoms with Gasteiger partial charge in [0.1, 0.15) is 0 Å². The zero-order chi connectivity index (χ0) is 13.7. The van der Waals surface area contributed by atoms with Gasteiger partial charge in [-0.15, -0.1) is 0 Å². The van der Waals surface area contributed by atoms with Crippen LogP contribution >= 0.6 is 11.8 Å². The van der Waals surface area contributed by atoms with Gasteiger partial charge in [0.2, 0.25) is 0 Å². The molecule has 0 aromatic rings. The van der Waals surface area contributed by atoms with Crippen LogP contribution in [0.5, 0.6) is 0 Å². The predicted octanol–water partition coefficient (Wildman–Crippen LogP) is 2.94. The average Bonchev–Trinajstić information content (AvgIpc) is 2.32. The monoisotopic (exact) mass is 272 g/mol. The summed E-state index contributed by atoms with van der Waals surface area (Å²) < 4.78 is 0. The molecule has 0 bridgehead atoms. The SMILES string of the molecule is CNC1CC(C)CC(C)C1CN(C)C(C)CSC. The molecule has 1 fully saturated rings. The second-order valence-electron chi connectivity index (χ2n) is 6.36. The lowest BCUT2D eigenvalue weighted by Crippen LogP contribution is -2.49. The second kappa shape index (κ2) is 7.76. The molecular weight excluding hydrogens is 240 g/mol. The quantitative estimate of drug-likeness (QED) is 0.800. The molecule has 0 aromatic carbocycles. The molecule has 0 radical (unpaired) electrons. The molecule has 1 N–H and O–H groups in total. The first-order chi connectivity index (χ1) is 8.49. The Morgan fingerprint density at radius 3 is 2.56 bits per heavy atom. The first kappa shape index (κ1) is 16.3. The van der Waals surface area contributed by atoms with Gasteiger partial charge in [-0.05, 0) is 57.9 Å². The van der Waals surface area contributed by atoms with Crippen molar-refractivity contribution >= 4 is 11.8 Å². The molecule has 0 aromatic heterocycles. The van der Waals surface area contributed by atoms with Gasteiger partial charge in [-0.1, -0.05) is 13.8 Å². The van der Waals surface area contributed by atoms with Gasteiger partial charge in [0.05, 0.1) is 0 Å². The largest absolute Gasteiger partial charge is 0.317 e. The molecule has 0 heterocycles. The zero-order valence-electron chi connectivity index (χ0n) is 13.1. The summed E-state index contributed by atoms with van der Waals surface area (Å²) in [6.45, 7) is 8.43. The van der Waals surface area contributed by atoms with E-state index in [0.29, 0.717) is 12.1 Å². The highest BCUT2D eigenvalue weighted by Crippen LogP contribution is 2.34. The second-order valence-corrected chi connectivity index (χ2v) is 7.27. The Morgan fingerprint density at radius 2 is 2.00 bits per heavy atom. The predicted molar refractivity (Wildman–Crippen MR) is 84.4 cm³/mol. The smallest absolute Gasteiger partial charge is 0.0155 e. The van der Waals surface area contributed by atoms with Gasteiger partial charge in [0.25, 0.3) is 0 Å². The van der Waals surface area contributed by atoms with Crippen LogP contribution in [0.25, 0.3) is 0 Å². The highest BCUT2D eigenvalue weighted by Gasteiger charge is 2.34. The van der Waals surface area contributed by atoms with Crippen LogP contribution in [-0.2, 0) is 0 Å². The molecule has 0 spiro atoms. The summed E-state index contributed by atoms with van der Waals surface area (Å²) in [5.41, 5.74) is 0. The summed E-state index contributed by atoms with van der Waals surface area (Å²) >= 11 is 1.95. The van der Waals surface area contributed by atoms with Gasteiger partial charge >= 0.3 is 0 Å². The van der Waals surface area contributed by atoms with Gasteiger partial charge in [-0.2, -0.15) is 11.8 Å². The van der Waals surface area contributed by atoms with Crippen molar-refractivity contribution in [3.63, 3.8) is 0 Å². The molecule has 2 nitrogen and oxygen atoms in total. The maximum atomic E-state index is 3.56. The van der Waals surface area contributed by atoms with Gasteiger partial charge in [-0.3, -0.25) is 0 Å². The van der Waals surface area contributed by atoms with E-state index in [1.807, 2.05) is 11.8 Å². The third kappa shape index (κ3) is 4.43. The van der Waals surface area contributed by atoms with E-state index >= 15 is 0 Å². The summed E-state index contributed by atoms with van der Waals surface area (Å²) in [5, 5.41) is 3.56. The van der Waals surface area contributed by atoms with Crippen molar-refractivity contribution in [2.24, 2.45) is 17.8 Å². The van der Waals surface area contributed by atoms with E-state index in [2.05, 4.69) is 51.3 Å². The van der Waals surface area contributed by atoms with Crippen LogP contribution < -0.4 is 5.32 Å². The minimum atomic E-state index is 0.684. The lowest BCUT2D eigenvalue weighted by atomic mass is 9.72. The number of nitrogens with one attached hydrogen (secondary N) is 1. The normalized spacial score (nSPS) is 34.8. The Morgan fingerprint density at radius 1 is 1.33 bits per heavy atom. The van der Waals surface area contributed by atoms with E-state index in [0.717, 1.165) is 17.8 Å². The molecule has 108 valence electrons.